The maximum atomic E-state index is 13.7. The molecule has 0 saturated carbocycles. The molecule has 2 amide bonds. The van der Waals surface area contributed by atoms with Gasteiger partial charge in [-0.2, -0.15) is 0 Å². The van der Waals surface area contributed by atoms with Crippen LogP contribution < -0.4 is 15.4 Å². The van der Waals surface area contributed by atoms with Crippen LogP contribution in [-0.2, 0) is 19.5 Å². The highest BCUT2D eigenvalue weighted by Crippen LogP contribution is 2.18. The molecule has 0 bridgehead atoms. The van der Waals surface area contributed by atoms with E-state index in [2.05, 4.69) is 15.6 Å². The van der Waals surface area contributed by atoms with E-state index >= 15 is 0 Å². The van der Waals surface area contributed by atoms with Gasteiger partial charge in [-0.15, -0.1) is 11.3 Å². The molecule has 0 radical (unpaired) electrons. The fourth-order valence-electron chi connectivity index (χ4n) is 4.69. The lowest BCUT2D eigenvalue weighted by Crippen LogP contribution is -2.49. The molecule has 0 saturated heterocycles. The summed E-state index contributed by atoms with van der Waals surface area (Å²) in [6, 6.07) is 23.7. The normalized spacial score (nSPS) is 12.4. The first kappa shape index (κ1) is 30.9. The molecule has 1 heterocycles. The summed E-state index contributed by atoms with van der Waals surface area (Å²) < 4.78 is 5.30. The number of hydrogen-bond donors (Lipinski definition) is 3. The van der Waals surface area contributed by atoms with Gasteiger partial charge in [0.15, 0.2) is 0 Å². The number of nitrogens with one attached hydrogen (secondary N) is 2. The molecule has 8 nitrogen and oxygen atoms in total. The van der Waals surface area contributed by atoms with Crippen LogP contribution in [0, 0.1) is 13.8 Å². The lowest BCUT2D eigenvalue weighted by atomic mass is 9.98. The molecule has 0 spiro atoms. The highest BCUT2D eigenvalue weighted by Gasteiger charge is 2.28. The standard InChI is InChI=1S/C33H38N4O4S/c1-22-23(2)42-31(36-22)21-35-32(39)26-13-9-14-27(18-26)33(40)37(3)29(17-24-10-6-5-7-11-24)30(38)20-34-19-25-12-8-15-28(16-25)41-4/h5-16,18,29-30,34,38H,17,19-21H2,1-4H3,(H,35,39)/t29-,30+/m0/s1. The summed E-state index contributed by atoms with van der Waals surface area (Å²) in [5, 5.41) is 18.3. The van der Waals surface area contributed by atoms with E-state index in [1.54, 1.807) is 54.7 Å². The van der Waals surface area contributed by atoms with Crippen molar-refractivity contribution in [3.8, 4) is 5.75 Å². The second kappa shape index (κ2) is 14.7. The lowest BCUT2D eigenvalue weighted by molar-refractivity contribution is 0.0441. The first-order valence-electron chi connectivity index (χ1n) is 13.9. The van der Waals surface area contributed by atoms with Crippen molar-refractivity contribution in [3.05, 3.63) is 117 Å². The van der Waals surface area contributed by atoms with E-state index in [0.717, 1.165) is 32.5 Å². The van der Waals surface area contributed by atoms with Crippen LogP contribution in [0.25, 0.3) is 0 Å². The van der Waals surface area contributed by atoms with Gasteiger partial charge in [-0.3, -0.25) is 9.59 Å². The van der Waals surface area contributed by atoms with Crippen molar-refractivity contribution in [3.63, 3.8) is 0 Å². The zero-order valence-electron chi connectivity index (χ0n) is 24.5. The predicted octanol–water partition coefficient (Wildman–Crippen LogP) is 4.53. The van der Waals surface area contributed by atoms with Gasteiger partial charge in [0.1, 0.15) is 10.8 Å². The number of aromatic nitrogens is 1. The summed E-state index contributed by atoms with van der Waals surface area (Å²) in [6.45, 7) is 5.10. The average molecular weight is 587 g/mol. The number of carbonyl (C=O) groups is 2. The number of ether oxygens (including phenoxy) is 1. The Bertz CT molecular complexity index is 1470. The fraction of sp³-hybridized carbons (Fsp3) is 0.303. The SMILES string of the molecule is COc1cccc(CNC[C@@H](O)[C@H](Cc2ccccc2)N(C)C(=O)c2cccc(C(=O)NCc3nc(C)c(C)s3)c2)c1. The summed E-state index contributed by atoms with van der Waals surface area (Å²) in [5.74, 6) is 0.218. The average Bonchev–Trinajstić information content (AvgIpc) is 3.34. The maximum absolute atomic E-state index is 13.7. The van der Waals surface area contributed by atoms with Crippen LogP contribution in [0.4, 0.5) is 0 Å². The molecule has 42 heavy (non-hydrogen) atoms. The molecule has 1 aromatic heterocycles. The van der Waals surface area contributed by atoms with Gasteiger partial charge in [-0.05, 0) is 61.7 Å². The van der Waals surface area contributed by atoms with Crippen LogP contribution in [0.2, 0.25) is 0 Å². The summed E-state index contributed by atoms with van der Waals surface area (Å²) in [4.78, 5) is 33.7. The van der Waals surface area contributed by atoms with Crippen molar-refractivity contribution in [2.75, 3.05) is 20.7 Å². The van der Waals surface area contributed by atoms with Crippen molar-refractivity contribution in [1.29, 1.82) is 0 Å². The third-order valence-electron chi connectivity index (χ3n) is 7.21. The number of hydrogen-bond acceptors (Lipinski definition) is 7. The number of amides is 2. The van der Waals surface area contributed by atoms with Crippen LogP contribution in [0.15, 0.2) is 78.9 Å². The topological polar surface area (TPSA) is 104 Å². The first-order chi connectivity index (χ1) is 20.2. The first-order valence-corrected chi connectivity index (χ1v) is 14.7. The minimum Gasteiger partial charge on any atom is -0.497 e. The van der Waals surface area contributed by atoms with Gasteiger partial charge in [0, 0.05) is 36.1 Å². The van der Waals surface area contributed by atoms with E-state index in [1.165, 1.54) is 0 Å². The molecule has 0 aliphatic rings. The molecule has 0 aliphatic carbocycles. The minimum absolute atomic E-state index is 0.274. The summed E-state index contributed by atoms with van der Waals surface area (Å²) in [6.07, 6.45) is -0.376. The van der Waals surface area contributed by atoms with Gasteiger partial charge >= 0.3 is 0 Å². The molecule has 0 fully saturated rings. The number of rotatable bonds is 13. The largest absolute Gasteiger partial charge is 0.497 e. The number of methoxy groups -OCH3 is 1. The Morgan fingerprint density at radius 3 is 2.38 bits per heavy atom. The Morgan fingerprint density at radius 2 is 1.67 bits per heavy atom. The van der Waals surface area contributed by atoms with E-state index in [4.69, 9.17) is 4.74 Å². The van der Waals surface area contributed by atoms with Crippen LogP contribution in [0.5, 0.6) is 5.75 Å². The highest BCUT2D eigenvalue weighted by atomic mass is 32.1. The number of aliphatic hydroxyl groups is 1. The summed E-state index contributed by atoms with van der Waals surface area (Å²) in [7, 11) is 3.32. The van der Waals surface area contributed by atoms with Crippen LogP contribution in [-0.4, -0.2) is 59.7 Å². The van der Waals surface area contributed by atoms with Gasteiger partial charge in [0.2, 0.25) is 0 Å². The Hall–Kier alpha value is -4.05. The fourth-order valence-corrected chi connectivity index (χ4v) is 5.56. The highest BCUT2D eigenvalue weighted by molar-refractivity contribution is 7.11. The summed E-state index contributed by atoms with van der Waals surface area (Å²) >= 11 is 1.55. The number of thiazole rings is 1. The quantitative estimate of drug-likeness (QED) is 0.213. The lowest BCUT2D eigenvalue weighted by Gasteiger charge is -2.32. The predicted molar refractivity (Wildman–Crippen MR) is 166 cm³/mol. The van der Waals surface area contributed by atoms with Crippen LogP contribution in [0.1, 0.15) is 47.4 Å². The van der Waals surface area contributed by atoms with Crippen molar-refractivity contribution >= 4 is 23.2 Å². The number of aryl methyl sites for hydroxylation is 2. The Labute approximate surface area is 251 Å². The van der Waals surface area contributed by atoms with Crippen molar-refractivity contribution in [2.24, 2.45) is 0 Å². The molecule has 4 rings (SSSR count). The van der Waals surface area contributed by atoms with Gasteiger partial charge in [0.05, 0.1) is 31.5 Å². The second-order valence-electron chi connectivity index (χ2n) is 10.2. The molecular weight excluding hydrogens is 548 g/mol. The van der Waals surface area contributed by atoms with Crippen LogP contribution in [0.3, 0.4) is 0 Å². The number of nitrogens with zero attached hydrogens (tertiary/aromatic N) is 2. The summed E-state index contributed by atoms with van der Waals surface area (Å²) in [5.41, 5.74) is 3.76. The number of aliphatic hydroxyl groups excluding tert-OH is 1. The molecule has 9 heteroatoms. The Balaban J connectivity index is 1.44. The zero-order valence-corrected chi connectivity index (χ0v) is 25.3. The molecule has 0 aliphatic heterocycles. The smallest absolute Gasteiger partial charge is 0.253 e. The number of carbonyl (C=O) groups excluding carboxylic acids is 2. The van der Waals surface area contributed by atoms with Crippen molar-refractivity contribution in [1.82, 2.24) is 20.5 Å². The second-order valence-corrected chi connectivity index (χ2v) is 11.5. The van der Waals surface area contributed by atoms with Gasteiger partial charge in [-0.1, -0.05) is 48.5 Å². The molecule has 3 aromatic carbocycles. The number of benzene rings is 3. The van der Waals surface area contributed by atoms with E-state index < -0.39 is 12.1 Å². The van der Waals surface area contributed by atoms with Crippen molar-refractivity contribution in [2.45, 2.75) is 45.5 Å². The van der Waals surface area contributed by atoms with Gasteiger partial charge in [-0.25, -0.2) is 4.98 Å². The zero-order chi connectivity index (χ0) is 30.1. The molecule has 3 N–H and O–H groups in total. The molecule has 220 valence electrons. The number of likely N-dealkylation sites (N-methyl/N-ethyl adjacent to an activating group) is 1. The molecule has 4 aromatic rings. The van der Waals surface area contributed by atoms with Gasteiger partial charge in [0.25, 0.3) is 11.8 Å². The third kappa shape index (κ3) is 8.25. The third-order valence-corrected chi connectivity index (χ3v) is 8.28. The van der Waals surface area contributed by atoms with E-state index in [-0.39, 0.29) is 18.4 Å². The Kier molecular flexibility index (Phi) is 10.8. The maximum Gasteiger partial charge on any atom is 0.253 e. The monoisotopic (exact) mass is 586 g/mol. The van der Waals surface area contributed by atoms with Gasteiger partial charge < -0.3 is 25.4 Å². The molecule has 0 unspecified atom stereocenters. The Morgan fingerprint density at radius 1 is 0.952 bits per heavy atom. The van der Waals surface area contributed by atoms with E-state index in [9.17, 15) is 14.7 Å². The molecular formula is C33H38N4O4S. The molecule has 2 atom stereocenters. The van der Waals surface area contributed by atoms with E-state index in [1.807, 2.05) is 68.4 Å². The van der Waals surface area contributed by atoms with Crippen molar-refractivity contribution < 1.29 is 19.4 Å². The minimum atomic E-state index is -0.846. The van der Waals surface area contributed by atoms with Crippen LogP contribution >= 0.6 is 11.3 Å². The van der Waals surface area contributed by atoms with E-state index in [0.29, 0.717) is 30.6 Å².